The summed E-state index contributed by atoms with van der Waals surface area (Å²) < 4.78 is 29.7. The molecule has 94 valence electrons. The molecule has 2 rings (SSSR count). The first kappa shape index (κ1) is 12.3. The number of ether oxygens (including phenoxy) is 3. The van der Waals surface area contributed by atoms with Gasteiger partial charge in [0.25, 0.3) is 0 Å². The highest BCUT2D eigenvalue weighted by Crippen LogP contribution is 2.35. The van der Waals surface area contributed by atoms with Gasteiger partial charge in [0.15, 0.2) is 0 Å². The summed E-state index contributed by atoms with van der Waals surface area (Å²) in [5.74, 6) is 0.400. The topological polar surface area (TPSA) is 27.7 Å². The third-order valence-electron chi connectivity index (χ3n) is 3.06. The molecule has 0 radical (unpaired) electrons. The summed E-state index contributed by atoms with van der Waals surface area (Å²) in [5, 5.41) is 0. The summed E-state index contributed by atoms with van der Waals surface area (Å²) in [6.07, 6.45) is 0.336. The fourth-order valence-corrected chi connectivity index (χ4v) is 1.92. The van der Waals surface area contributed by atoms with Gasteiger partial charge in [-0.1, -0.05) is 6.07 Å². The maximum Gasteiger partial charge on any atom is 0.147 e. The van der Waals surface area contributed by atoms with Gasteiger partial charge in [-0.3, -0.25) is 0 Å². The van der Waals surface area contributed by atoms with E-state index in [-0.39, 0.29) is 18.7 Å². The first-order valence-corrected chi connectivity index (χ1v) is 5.61. The predicted molar refractivity (Wildman–Crippen MR) is 61.6 cm³/mol. The zero-order chi connectivity index (χ0) is 12.5. The minimum absolute atomic E-state index is 0.190. The second-order valence-corrected chi connectivity index (χ2v) is 4.68. The molecule has 4 heteroatoms. The maximum atomic E-state index is 13.6. The number of halogens is 1. The van der Waals surface area contributed by atoms with Crippen LogP contribution in [0.5, 0.6) is 5.75 Å². The molecule has 0 saturated carbocycles. The van der Waals surface area contributed by atoms with Gasteiger partial charge in [-0.2, -0.15) is 0 Å². The Morgan fingerprint density at radius 1 is 1.47 bits per heavy atom. The Hall–Kier alpha value is -1.13. The van der Waals surface area contributed by atoms with Crippen molar-refractivity contribution in [3.63, 3.8) is 0 Å². The molecule has 0 amide bonds. The van der Waals surface area contributed by atoms with Crippen LogP contribution in [0.2, 0.25) is 0 Å². The summed E-state index contributed by atoms with van der Waals surface area (Å²) in [4.78, 5) is 0. The zero-order valence-corrected chi connectivity index (χ0v) is 10.3. The third kappa shape index (κ3) is 2.42. The largest absolute Gasteiger partial charge is 0.487 e. The third-order valence-corrected chi connectivity index (χ3v) is 3.06. The van der Waals surface area contributed by atoms with E-state index in [9.17, 15) is 4.39 Å². The van der Waals surface area contributed by atoms with Gasteiger partial charge in [0.05, 0.1) is 0 Å². The normalized spacial score (nSPS) is 18.9. The van der Waals surface area contributed by atoms with E-state index in [1.165, 1.54) is 6.07 Å². The highest BCUT2D eigenvalue weighted by Gasteiger charge is 2.38. The average Bonchev–Trinajstić information content (AvgIpc) is 2.72. The SMILES string of the molecule is COCOC(C)(C)[C@H]1Cc2c(F)cccc2O1. The van der Waals surface area contributed by atoms with Gasteiger partial charge in [-0.05, 0) is 26.0 Å². The molecule has 1 aromatic carbocycles. The van der Waals surface area contributed by atoms with Crippen LogP contribution in [0.1, 0.15) is 19.4 Å². The quantitative estimate of drug-likeness (QED) is 0.757. The van der Waals surface area contributed by atoms with Gasteiger partial charge in [0.2, 0.25) is 0 Å². The molecule has 1 atom stereocenters. The molecule has 0 aliphatic carbocycles. The standard InChI is InChI=1S/C13H17FO3/c1-13(2,16-8-15-3)12-7-9-10(14)5-4-6-11(9)17-12/h4-6,12H,7-8H2,1-3H3/t12-/m1/s1. The molecule has 0 fully saturated rings. The van der Waals surface area contributed by atoms with Gasteiger partial charge in [-0.25, -0.2) is 4.39 Å². The molecule has 1 heterocycles. The van der Waals surface area contributed by atoms with Crippen molar-refractivity contribution >= 4 is 0 Å². The van der Waals surface area contributed by atoms with E-state index < -0.39 is 5.60 Å². The highest BCUT2D eigenvalue weighted by atomic mass is 19.1. The highest BCUT2D eigenvalue weighted by molar-refractivity contribution is 5.39. The summed E-state index contributed by atoms with van der Waals surface area (Å²) >= 11 is 0. The first-order chi connectivity index (χ1) is 8.04. The summed E-state index contributed by atoms with van der Waals surface area (Å²) in [6, 6.07) is 4.89. The fourth-order valence-electron chi connectivity index (χ4n) is 1.92. The zero-order valence-electron chi connectivity index (χ0n) is 10.3. The molecule has 0 saturated heterocycles. The van der Waals surface area contributed by atoms with Crippen molar-refractivity contribution in [1.82, 2.24) is 0 Å². The summed E-state index contributed by atoms with van der Waals surface area (Å²) in [6.45, 7) is 4.03. The lowest BCUT2D eigenvalue weighted by Crippen LogP contribution is -2.42. The molecule has 1 aliphatic rings. The smallest absolute Gasteiger partial charge is 0.147 e. The predicted octanol–water partition coefficient (Wildman–Crippen LogP) is 2.53. The summed E-state index contributed by atoms with van der Waals surface area (Å²) in [7, 11) is 1.57. The lowest BCUT2D eigenvalue weighted by molar-refractivity contribution is -0.149. The Morgan fingerprint density at radius 3 is 2.88 bits per heavy atom. The Kier molecular flexibility index (Phi) is 3.35. The minimum atomic E-state index is -0.512. The number of methoxy groups -OCH3 is 1. The molecule has 1 aliphatic heterocycles. The molecule has 3 nitrogen and oxygen atoms in total. The molecular weight excluding hydrogens is 223 g/mol. The summed E-state index contributed by atoms with van der Waals surface area (Å²) in [5.41, 5.74) is 0.119. The van der Waals surface area contributed by atoms with Crippen LogP contribution in [-0.2, 0) is 15.9 Å². The first-order valence-electron chi connectivity index (χ1n) is 5.61. The number of hydrogen-bond acceptors (Lipinski definition) is 3. The van der Waals surface area contributed by atoms with E-state index >= 15 is 0 Å². The second kappa shape index (κ2) is 4.63. The molecule has 0 bridgehead atoms. The monoisotopic (exact) mass is 240 g/mol. The van der Waals surface area contributed by atoms with Crippen LogP contribution >= 0.6 is 0 Å². The van der Waals surface area contributed by atoms with E-state index in [0.717, 1.165) is 0 Å². The van der Waals surface area contributed by atoms with Crippen molar-refractivity contribution in [2.24, 2.45) is 0 Å². The van der Waals surface area contributed by atoms with E-state index in [0.29, 0.717) is 17.7 Å². The van der Waals surface area contributed by atoms with E-state index in [1.807, 2.05) is 13.8 Å². The molecule has 17 heavy (non-hydrogen) atoms. The number of fused-ring (bicyclic) bond motifs is 1. The van der Waals surface area contributed by atoms with Crippen molar-refractivity contribution < 1.29 is 18.6 Å². The molecule has 0 aromatic heterocycles. The number of rotatable bonds is 4. The van der Waals surface area contributed by atoms with E-state index in [2.05, 4.69) is 0 Å². The van der Waals surface area contributed by atoms with Crippen molar-refractivity contribution in [3.8, 4) is 5.75 Å². The molecule has 1 aromatic rings. The van der Waals surface area contributed by atoms with Crippen LogP contribution in [0.4, 0.5) is 4.39 Å². The van der Waals surface area contributed by atoms with Gasteiger partial charge in [0.1, 0.15) is 30.1 Å². The van der Waals surface area contributed by atoms with E-state index in [4.69, 9.17) is 14.2 Å². The molecule has 0 unspecified atom stereocenters. The van der Waals surface area contributed by atoms with Gasteiger partial charge in [-0.15, -0.1) is 0 Å². The maximum absolute atomic E-state index is 13.6. The van der Waals surface area contributed by atoms with Crippen molar-refractivity contribution in [2.45, 2.75) is 32.0 Å². The van der Waals surface area contributed by atoms with Crippen molar-refractivity contribution in [2.75, 3.05) is 13.9 Å². The Morgan fingerprint density at radius 2 is 2.24 bits per heavy atom. The Bertz CT molecular complexity index is 404. The Balaban J connectivity index is 2.11. The van der Waals surface area contributed by atoms with Crippen LogP contribution in [0, 0.1) is 5.82 Å². The van der Waals surface area contributed by atoms with Crippen molar-refractivity contribution in [3.05, 3.63) is 29.6 Å². The minimum Gasteiger partial charge on any atom is -0.487 e. The van der Waals surface area contributed by atoms with E-state index in [1.54, 1.807) is 19.2 Å². The fraction of sp³-hybridized carbons (Fsp3) is 0.538. The van der Waals surface area contributed by atoms with Gasteiger partial charge in [0, 0.05) is 19.1 Å². The second-order valence-electron chi connectivity index (χ2n) is 4.68. The van der Waals surface area contributed by atoms with Crippen LogP contribution in [0.25, 0.3) is 0 Å². The van der Waals surface area contributed by atoms with Crippen LogP contribution in [0.15, 0.2) is 18.2 Å². The average molecular weight is 240 g/mol. The molecular formula is C13H17FO3. The Labute approximate surface area is 100 Å². The van der Waals surface area contributed by atoms with Crippen LogP contribution in [0.3, 0.4) is 0 Å². The molecule has 0 spiro atoms. The van der Waals surface area contributed by atoms with Crippen molar-refractivity contribution in [1.29, 1.82) is 0 Å². The van der Waals surface area contributed by atoms with Crippen LogP contribution < -0.4 is 4.74 Å². The lowest BCUT2D eigenvalue weighted by Gasteiger charge is -2.30. The molecule has 0 N–H and O–H groups in total. The van der Waals surface area contributed by atoms with Crippen LogP contribution in [-0.4, -0.2) is 25.6 Å². The van der Waals surface area contributed by atoms with Gasteiger partial charge >= 0.3 is 0 Å². The number of benzene rings is 1. The lowest BCUT2D eigenvalue weighted by atomic mass is 9.97. The number of hydrogen-bond donors (Lipinski definition) is 0. The van der Waals surface area contributed by atoms with Gasteiger partial charge < -0.3 is 14.2 Å².